The molecule has 69 heavy (non-hydrogen) atoms. The number of rotatable bonds is 5. The van der Waals surface area contributed by atoms with Crippen molar-refractivity contribution in [1.82, 2.24) is 9.80 Å². The molecule has 9 heterocycles. The Labute approximate surface area is 410 Å². The molecule has 366 valence electrons. The first-order valence-corrected chi connectivity index (χ1v) is 29.0. The number of aliphatic hydroxyl groups excluding tert-OH is 1. The quantitative estimate of drug-likeness (QED) is 0.222. The van der Waals surface area contributed by atoms with Gasteiger partial charge in [0.15, 0.2) is 11.4 Å². The van der Waals surface area contributed by atoms with Crippen LogP contribution in [-0.4, -0.2) is 65.1 Å². The highest BCUT2D eigenvalue weighted by Crippen LogP contribution is 2.89. The molecule has 15 atom stereocenters. The number of ether oxygens (including phenoxy) is 2. The fourth-order valence-electron chi connectivity index (χ4n) is 22.6. The standard InChI is InChI=1S/C61H77N3O5/c1-34-24-39-13-14-46-42-25-35-31-63(33-42)47(40-15-20-57(29-40)18-4-5-19-57)28-48(65)54-59-22-17-43-51-44-30-58(34,52(43)53(39)64(46)32-35)21-16-38(44)26-41(36-8-2-3-9-36)27-49(60(51,59)56(67)68-54)61(59)45-12-6-10-37(11-7-23-62)50(45)55(66)69-61/h6,10,12,26,34-36,40-42,44,46-47,49,52,65H,2-5,7-9,11,13-25,27-33,62H2,1H3/b38-26?,54-48+/t34-,35-,40-,41-,42+,44-,46-,47+,49+,52-,58-,59-,60-,61-/m1/s1. The Morgan fingerprint density at radius 2 is 1.72 bits per heavy atom. The highest BCUT2D eigenvalue weighted by molar-refractivity contribution is 6.00. The average Bonchev–Trinajstić information content (AvgIpc) is 4.21. The molecule has 18 aliphatic rings. The van der Waals surface area contributed by atoms with E-state index in [0.717, 1.165) is 62.9 Å². The van der Waals surface area contributed by atoms with E-state index in [0.29, 0.717) is 95.8 Å². The minimum absolute atomic E-state index is 0.129. The lowest BCUT2D eigenvalue weighted by atomic mass is 9.26. The maximum absolute atomic E-state index is 16.6. The molecule has 1 aromatic rings. The molecule has 8 fully saturated rings. The monoisotopic (exact) mass is 932 g/mol. The van der Waals surface area contributed by atoms with Gasteiger partial charge in [0.05, 0.1) is 11.0 Å². The number of aliphatic hydroxyl groups is 1. The molecule has 8 nitrogen and oxygen atoms in total. The minimum atomic E-state index is -1.12. The van der Waals surface area contributed by atoms with Crippen molar-refractivity contribution in [1.29, 1.82) is 0 Å². The Morgan fingerprint density at radius 3 is 2.58 bits per heavy atom. The van der Waals surface area contributed by atoms with Crippen LogP contribution in [0.15, 0.2) is 63.8 Å². The van der Waals surface area contributed by atoms with E-state index in [2.05, 4.69) is 41.0 Å². The molecule has 0 amide bonds. The van der Waals surface area contributed by atoms with Crippen molar-refractivity contribution in [3.05, 3.63) is 80.5 Å². The molecule has 0 radical (unpaired) electrons. The summed E-state index contributed by atoms with van der Waals surface area (Å²) in [6.45, 7) is 6.54. The van der Waals surface area contributed by atoms with Gasteiger partial charge in [-0.3, -0.25) is 9.69 Å². The van der Waals surface area contributed by atoms with E-state index in [1.54, 1.807) is 22.4 Å². The zero-order valence-electron chi connectivity index (χ0n) is 41.5. The number of carbonyl (C=O) groups is 2. The van der Waals surface area contributed by atoms with Crippen molar-refractivity contribution >= 4 is 11.9 Å². The van der Waals surface area contributed by atoms with Crippen LogP contribution in [0.1, 0.15) is 176 Å². The van der Waals surface area contributed by atoms with Crippen LogP contribution in [0, 0.1) is 74.9 Å². The van der Waals surface area contributed by atoms with E-state index in [1.165, 1.54) is 108 Å². The van der Waals surface area contributed by atoms with Crippen molar-refractivity contribution in [2.45, 2.75) is 179 Å². The summed E-state index contributed by atoms with van der Waals surface area (Å²) in [4.78, 5) is 37.8. The van der Waals surface area contributed by atoms with Crippen molar-refractivity contribution in [3.8, 4) is 0 Å². The maximum atomic E-state index is 16.6. The third-order valence-corrected chi connectivity index (χ3v) is 24.8. The summed E-state index contributed by atoms with van der Waals surface area (Å²) >= 11 is 0. The van der Waals surface area contributed by atoms with Gasteiger partial charge in [0.2, 0.25) is 0 Å². The Bertz CT molecular complexity index is 2610. The summed E-state index contributed by atoms with van der Waals surface area (Å²) in [7, 11) is 0. The number of benzene rings is 1. The Morgan fingerprint density at radius 1 is 0.855 bits per heavy atom. The van der Waals surface area contributed by atoms with Gasteiger partial charge < -0.3 is 25.2 Å². The average molecular weight is 932 g/mol. The number of allylic oxidation sites excluding steroid dienone is 4. The highest BCUT2D eigenvalue weighted by Gasteiger charge is 2.94. The van der Waals surface area contributed by atoms with E-state index < -0.39 is 16.4 Å². The van der Waals surface area contributed by atoms with Crippen LogP contribution >= 0.6 is 0 Å². The van der Waals surface area contributed by atoms with Crippen LogP contribution < -0.4 is 5.73 Å². The molecule has 9 aliphatic carbocycles. The molecule has 14 bridgehead atoms. The number of nitrogens with zero attached hydrogens (tertiary/aromatic N) is 2. The number of aryl methyl sites for hydroxylation is 1. The summed E-state index contributed by atoms with van der Waals surface area (Å²) in [5.74, 6) is 3.82. The van der Waals surface area contributed by atoms with Crippen molar-refractivity contribution < 1.29 is 24.2 Å². The second-order valence-electron chi connectivity index (χ2n) is 27.0. The topological polar surface area (TPSA) is 105 Å². The lowest BCUT2D eigenvalue weighted by Gasteiger charge is -2.74. The highest BCUT2D eigenvalue weighted by atomic mass is 16.6. The molecule has 9 aliphatic heterocycles. The van der Waals surface area contributed by atoms with E-state index in [-0.39, 0.29) is 35.2 Å². The van der Waals surface area contributed by atoms with Crippen LogP contribution in [0.25, 0.3) is 0 Å². The number of carbonyl (C=O) groups excluding carboxylic acids is 2. The van der Waals surface area contributed by atoms with Crippen molar-refractivity contribution in [2.75, 3.05) is 26.2 Å². The lowest BCUT2D eigenvalue weighted by molar-refractivity contribution is -0.283. The third kappa shape index (κ3) is 4.94. The summed E-state index contributed by atoms with van der Waals surface area (Å²) in [5, 5.41) is 13.7. The van der Waals surface area contributed by atoms with Crippen molar-refractivity contribution in [3.63, 3.8) is 0 Å². The largest absolute Gasteiger partial charge is 0.509 e. The Balaban J connectivity index is 0.989. The molecule has 3 N–H and O–H groups in total. The summed E-state index contributed by atoms with van der Waals surface area (Å²) in [6, 6.07) is 7.22. The van der Waals surface area contributed by atoms with E-state index in [4.69, 9.17) is 15.2 Å². The molecule has 0 aromatic heterocycles. The normalized spacial score (nSPS) is 48.0. The Kier molecular flexibility index (Phi) is 8.70. The second kappa shape index (κ2) is 14.2. The molecule has 3 saturated heterocycles. The van der Waals surface area contributed by atoms with Gasteiger partial charge in [0, 0.05) is 67.2 Å². The molecule has 5 spiro atoms. The first-order chi connectivity index (χ1) is 33.6. The van der Waals surface area contributed by atoms with Crippen LogP contribution in [-0.2, 0) is 26.3 Å². The van der Waals surface area contributed by atoms with Gasteiger partial charge in [-0.15, -0.1) is 0 Å². The van der Waals surface area contributed by atoms with Gasteiger partial charge in [-0.2, -0.15) is 0 Å². The summed E-state index contributed by atoms with van der Waals surface area (Å²) in [5.41, 5.74) is 14.3. The predicted octanol–water partition coefficient (Wildman–Crippen LogP) is 11.4. The lowest BCUT2D eigenvalue weighted by Crippen LogP contribution is -2.78. The van der Waals surface area contributed by atoms with E-state index in [9.17, 15) is 5.11 Å². The first kappa shape index (κ1) is 42.2. The number of hydrogen-bond donors (Lipinski definition) is 2. The third-order valence-electron chi connectivity index (χ3n) is 24.8. The SMILES string of the molecule is C[C@@H]1CC2=C3[C@H]4C5=C6[C@@H]7C[C@@]41CCC7=C[C@@H](C1CCCC1)C[C@H]1[C@]64C(=O)O/C(=C(/O)C[C@@H]([C@@H]6CCC7(CCCC7)C6)N6C[C@H]7C[C@@H](C6)[C@@H](CC2)N3C7)[C@@]4(CC5)[C@]12OC(=O)c1c(CCCN)cccc12. The van der Waals surface area contributed by atoms with Crippen molar-refractivity contribution in [2.24, 2.45) is 80.7 Å². The fourth-order valence-corrected chi connectivity index (χ4v) is 22.6. The number of fused-ring (bicyclic) bond motifs is 3. The summed E-state index contributed by atoms with van der Waals surface area (Å²) < 4.78 is 14.7. The zero-order chi connectivity index (χ0) is 46.0. The van der Waals surface area contributed by atoms with E-state index >= 15 is 9.59 Å². The molecular weight excluding hydrogens is 855 g/mol. The Hall–Kier alpha value is -3.36. The molecule has 19 rings (SSSR count). The van der Waals surface area contributed by atoms with Gasteiger partial charge in [0.25, 0.3) is 0 Å². The molecule has 1 aromatic carbocycles. The maximum Gasteiger partial charge on any atom is 0.339 e. The molecule has 1 unspecified atom stereocenters. The molecule has 5 saturated carbocycles. The smallest absolute Gasteiger partial charge is 0.339 e. The van der Waals surface area contributed by atoms with Gasteiger partial charge >= 0.3 is 11.9 Å². The second-order valence-corrected chi connectivity index (χ2v) is 27.0. The van der Waals surface area contributed by atoms with Gasteiger partial charge in [-0.25, -0.2) is 4.79 Å². The van der Waals surface area contributed by atoms with Gasteiger partial charge in [0.1, 0.15) is 11.2 Å². The number of nitrogens with two attached hydrogens (primary N) is 1. The van der Waals surface area contributed by atoms with E-state index in [1.807, 2.05) is 0 Å². The van der Waals surface area contributed by atoms with Crippen LogP contribution in [0.2, 0.25) is 0 Å². The van der Waals surface area contributed by atoms with Gasteiger partial charge in [-0.05, 0) is 186 Å². The molecular formula is C61H77N3O5. The number of esters is 2. The van der Waals surface area contributed by atoms with Gasteiger partial charge in [-0.1, -0.05) is 73.6 Å². The van der Waals surface area contributed by atoms with Crippen LogP contribution in [0.3, 0.4) is 0 Å². The number of piperidine rings is 2. The van der Waals surface area contributed by atoms with Crippen LogP contribution in [0.4, 0.5) is 0 Å². The molecule has 8 heteroatoms. The van der Waals surface area contributed by atoms with Crippen LogP contribution in [0.5, 0.6) is 0 Å². The fraction of sp³-hybridized carbons (Fsp3) is 0.738. The summed E-state index contributed by atoms with van der Waals surface area (Å²) in [6.07, 6.45) is 29.8. The number of hydrogen-bond acceptors (Lipinski definition) is 8. The zero-order valence-corrected chi connectivity index (χ0v) is 41.5. The first-order valence-electron chi connectivity index (χ1n) is 29.0. The predicted molar refractivity (Wildman–Crippen MR) is 263 cm³/mol. The minimum Gasteiger partial charge on any atom is -0.509 e.